The Balaban J connectivity index is 0.00000225. The van der Waals surface area contributed by atoms with E-state index in [1.54, 1.807) is 12.4 Å². The van der Waals surface area contributed by atoms with Crippen molar-refractivity contribution in [2.24, 2.45) is 10.7 Å². The molecule has 2 N–H and O–H groups in total. The van der Waals surface area contributed by atoms with E-state index in [9.17, 15) is 0 Å². The summed E-state index contributed by atoms with van der Waals surface area (Å²) in [5.41, 5.74) is 8.21. The molecule has 1 aliphatic heterocycles. The number of rotatable bonds is 4. The van der Waals surface area contributed by atoms with Gasteiger partial charge in [0.1, 0.15) is 0 Å². The molecule has 2 aromatic rings. The first-order chi connectivity index (χ1) is 11.7. The Bertz CT molecular complexity index is 696. The van der Waals surface area contributed by atoms with Crippen molar-refractivity contribution in [2.75, 3.05) is 37.6 Å². The molecule has 1 saturated heterocycles. The minimum atomic E-state index is 0. The Labute approximate surface area is 165 Å². The average molecular weight is 450 g/mol. The van der Waals surface area contributed by atoms with Crippen molar-refractivity contribution < 1.29 is 0 Å². The highest BCUT2D eigenvalue weighted by molar-refractivity contribution is 14.0. The molecule has 0 atom stereocenters. The summed E-state index contributed by atoms with van der Waals surface area (Å²) >= 11 is 0. The predicted octanol–water partition coefficient (Wildman–Crippen LogP) is 2.24. The molecule has 1 aromatic heterocycles. The van der Waals surface area contributed by atoms with E-state index in [0.29, 0.717) is 12.5 Å². The molecule has 0 unspecified atom stereocenters. The van der Waals surface area contributed by atoms with Gasteiger partial charge in [-0.1, -0.05) is 36.9 Å². The fourth-order valence-corrected chi connectivity index (χ4v) is 2.63. The second-order valence-electron chi connectivity index (χ2n) is 5.67. The lowest BCUT2D eigenvalue weighted by Gasteiger charge is -2.35. The smallest absolute Gasteiger partial charge is 0.225 e. The molecular weight excluding hydrogens is 427 g/mol. The lowest BCUT2D eigenvalue weighted by atomic mass is 10.1. The van der Waals surface area contributed by atoms with Gasteiger partial charge < -0.3 is 15.5 Å². The number of aliphatic imine (C=N–C) groups is 1. The van der Waals surface area contributed by atoms with Crippen molar-refractivity contribution in [3.05, 3.63) is 60.9 Å². The fourth-order valence-electron chi connectivity index (χ4n) is 2.63. The van der Waals surface area contributed by atoms with Gasteiger partial charge in [-0.05, 0) is 17.2 Å². The van der Waals surface area contributed by atoms with Crippen molar-refractivity contribution >= 4 is 41.5 Å². The number of piperazine rings is 1. The quantitative estimate of drug-likeness (QED) is 0.440. The molecule has 0 saturated carbocycles. The Kier molecular flexibility index (Phi) is 7.17. The van der Waals surface area contributed by atoms with Gasteiger partial charge in [0.15, 0.2) is 5.96 Å². The highest BCUT2D eigenvalue weighted by Crippen LogP contribution is 2.12. The van der Waals surface area contributed by atoms with Gasteiger partial charge in [0.25, 0.3) is 0 Å². The largest absolute Gasteiger partial charge is 0.370 e. The van der Waals surface area contributed by atoms with Crippen LogP contribution in [0, 0.1) is 0 Å². The van der Waals surface area contributed by atoms with E-state index in [4.69, 9.17) is 5.73 Å². The number of hydrogen-bond acceptors (Lipinski definition) is 4. The second-order valence-corrected chi connectivity index (χ2v) is 5.67. The molecule has 7 heteroatoms. The standard InChI is InChI=1S/C18H22N6.HI/c1-15(16-6-3-2-4-7-16)14-22-17(19)23-10-12-24(13-11-23)18-20-8-5-9-21-18;/h2-9H,1,10-14H2,(H2,19,22);1H. The van der Waals surface area contributed by atoms with Crippen LogP contribution in [0.1, 0.15) is 5.56 Å². The third kappa shape index (κ3) is 5.15. The van der Waals surface area contributed by atoms with E-state index in [0.717, 1.165) is 43.3 Å². The molecule has 6 nitrogen and oxygen atoms in total. The number of benzene rings is 1. The van der Waals surface area contributed by atoms with E-state index < -0.39 is 0 Å². The molecule has 0 amide bonds. The molecule has 2 heterocycles. The van der Waals surface area contributed by atoms with Crippen LogP contribution in [-0.4, -0.2) is 53.6 Å². The Morgan fingerprint density at radius 3 is 2.32 bits per heavy atom. The lowest BCUT2D eigenvalue weighted by Crippen LogP contribution is -2.51. The number of halogens is 1. The molecule has 1 aliphatic rings. The van der Waals surface area contributed by atoms with Crippen LogP contribution in [0.3, 0.4) is 0 Å². The van der Waals surface area contributed by atoms with Gasteiger partial charge in [-0.25, -0.2) is 15.0 Å². The van der Waals surface area contributed by atoms with Crippen LogP contribution in [0.2, 0.25) is 0 Å². The van der Waals surface area contributed by atoms with Crippen LogP contribution >= 0.6 is 24.0 Å². The SMILES string of the molecule is C=C(CN=C(N)N1CCN(c2ncccn2)CC1)c1ccccc1.I. The summed E-state index contributed by atoms with van der Waals surface area (Å²) in [6.45, 7) is 7.89. The highest BCUT2D eigenvalue weighted by atomic mass is 127. The van der Waals surface area contributed by atoms with E-state index in [-0.39, 0.29) is 24.0 Å². The molecule has 1 fully saturated rings. The summed E-state index contributed by atoms with van der Waals surface area (Å²) in [6, 6.07) is 11.9. The third-order valence-corrected chi connectivity index (χ3v) is 4.05. The second kappa shape index (κ2) is 9.36. The maximum Gasteiger partial charge on any atom is 0.225 e. The lowest BCUT2D eigenvalue weighted by molar-refractivity contribution is 0.378. The van der Waals surface area contributed by atoms with E-state index in [1.807, 2.05) is 36.4 Å². The minimum Gasteiger partial charge on any atom is -0.370 e. The molecule has 3 rings (SSSR count). The monoisotopic (exact) mass is 450 g/mol. The highest BCUT2D eigenvalue weighted by Gasteiger charge is 2.19. The van der Waals surface area contributed by atoms with Crippen LogP contribution in [0.5, 0.6) is 0 Å². The molecule has 1 aromatic carbocycles. The first-order valence-electron chi connectivity index (χ1n) is 8.04. The minimum absolute atomic E-state index is 0. The predicted molar refractivity (Wildman–Crippen MR) is 113 cm³/mol. The Hall–Kier alpha value is -2.16. The maximum atomic E-state index is 6.14. The van der Waals surface area contributed by atoms with Crippen LogP contribution < -0.4 is 10.6 Å². The Morgan fingerprint density at radius 1 is 1.04 bits per heavy atom. The number of guanidine groups is 1. The Morgan fingerprint density at radius 2 is 1.68 bits per heavy atom. The summed E-state index contributed by atoms with van der Waals surface area (Å²) in [6.07, 6.45) is 3.53. The zero-order valence-electron chi connectivity index (χ0n) is 14.1. The molecule has 0 bridgehead atoms. The number of anilines is 1. The van der Waals surface area contributed by atoms with E-state index in [2.05, 4.69) is 31.3 Å². The molecule has 0 aliphatic carbocycles. The zero-order chi connectivity index (χ0) is 16.8. The van der Waals surface area contributed by atoms with Gasteiger partial charge in [-0.2, -0.15) is 0 Å². The van der Waals surface area contributed by atoms with E-state index >= 15 is 0 Å². The summed E-state index contributed by atoms with van der Waals surface area (Å²) in [5, 5.41) is 0. The maximum absolute atomic E-state index is 6.14. The van der Waals surface area contributed by atoms with Crippen molar-refractivity contribution in [1.29, 1.82) is 0 Å². The van der Waals surface area contributed by atoms with Gasteiger partial charge in [0.2, 0.25) is 5.95 Å². The van der Waals surface area contributed by atoms with E-state index in [1.165, 1.54) is 0 Å². The first-order valence-corrected chi connectivity index (χ1v) is 8.04. The summed E-state index contributed by atoms with van der Waals surface area (Å²) in [4.78, 5) is 17.3. The molecular formula is C18H23IN6. The average Bonchev–Trinajstić information content (AvgIpc) is 2.67. The topological polar surface area (TPSA) is 70.6 Å². The molecule has 0 spiro atoms. The van der Waals surface area contributed by atoms with Crippen LogP contribution in [-0.2, 0) is 0 Å². The van der Waals surface area contributed by atoms with Gasteiger partial charge in [-0.3, -0.25) is 0 Å². The van der Waals surface area contributed by atoms with Gasteiger partial charge in [0, 0.05) is 38.6 Å². The van der Waals surface area contributed by atoms with Crippen molar-refractivity contribution in [1.82, 2.24) is 14.9 Å². The van der Waals surface area contributed by atoms with Crippen molar-refractivity contribution in [2.45, 2.75) is 0 Å². The first kappa shape index (κ1) is 19.2. The van der Waals surface area contributed by atoms with Gasteiger partial charge >= 0.3 is 0 Å². The molecule has 132 valence electrons. The third-order valence-electron chi connectivity index (χ3n) is 4.05. The number of hydrogen-bond donors (Lipinski definition) is 1. The normalized spacial score (nSPS) is 14.8. The summed E-state index contributed by atoms with van der Waals surface area (Å²) in [5.74, 6) is 1.34. The summed E-state index contributed by atoms with van der Waals surface area (Å²) < 4.78 is 0. The van der Waals surface area contributed by atoms with Gasteiger partial charge in [0.05, 0.1) is 6.54 Å². The zero-order valence-corrected chi connectivity index (χ0v) is 16.4. The number of aromatic nitrogens is 2. The molecule has 25 heavy (non-hydrogen) atoms. The van der Waals surface area contributed by atoms with Crippen molar-refractivity contribution in [3.63, 3.8) is 0 Å². The van der Waals surface area contributed by atoms with Crippen molar-refractivity contribution in [3.8, 4) is 0 Å². The summed E-state index contributed by atoms with van der Waals surface area (Å²) in [7, 11) is 0. The van der Waals surface area contributed by atoms with Crippen LogP contribution in [0.25, 0.3) is 5.57 Å². The molecule has 0 radical (unpaired) electrons. The van der Waals surface area contributed by atoms with Gasteiger partial charge in [-0.15, -0.1) is 24.0 Å². The number of nitrogens with zero attached hydrogens (tertiary/aromatic N) is 5. The van der Waals surface area contributed by atoms with Crippen LogP contribution in [0.4, 0.5) is 5.95 Å². The fraction of sp³-hybridized carbons (Fsp3) is 0.278. The number of nitrogens with two attached hydrogens (primary N) is 1. The van der Waals surface area contributed by atoms with Crippen LogP contribution in [0.15, 0.2) is 60.4 Å².